The molecular weight excluding hydrogens is 256 g/mol. The zero-order chi connectivity index (χ0) is 15.4. The molecular formula is C20H38O. The van der Waals surface area contributed by atoms with Gasteiger partial charge in [-0.05, 0) is 25.7 Å². The van der Waals surface area contributed by atoms with E-state index in [9.17, 15) is 4.79 Å². The number of aldehydes is 1. The Labute approximate surface area is 133 Å². The predicted molar refractivity (Wildman–Crippen MR) is 94.8 cm³/mol. The van der Waals surface area contributed by atoms with E-state index in [1.807, 2.05) is 0 Å². The molecule has 0 aromatic heterocycles. The summed E-state index contributed by atoms with van der Waals surface area (Å²) in [5, 5.41) is 0. The highest BCUT2D eigenvalue weighted by atomic mass is 16.1. The van der Waals surface area contributed by atoms with E-state index in [0.29, 0.717) is 6.42 Å². The van der Waals surface area contributed by atoms with Crippen LogP contribution >= 0.6 is 0 Å². The van der Waals surface area contributed by atoms with Gasteiger partial charge >= 0.3 is 0 Å². The third-order valence-corrected chi connectivity index (χ3v) is 4.08. The largest absolute Gasteiger partial charge is 0.303 e. The lowest BCUT2D eigenvalue weighted by Gasteiger charge is -2.02. The molecule has 0 aromatic rings. The van der Waals surface area contributed by atoms with Gasteiger partial charge in [0.05, 0.1) is 0 Å². The number of carbonyl (C=O) groups is 1. The SMILES string of the molecule is CCCCCCCCCCCCCC/C=C/CCCC=O. The van der Waals surface area contributed by atoms with Crippen LogP contribution < -0.4 is 0 Å². The van der Waals surface area contributed by atoms with Crippen LogP contribution in [-0.2, 0) is 4.79 Å². The molecule has 0 aliphatic carbocycles. The van der Waals surface area contributed by atoms with E-state index >= 15 is 0 Å². The fourth-order valence-corrected chi connectivity index (χ4v) is 2.66. The maximum atomic E-state index is 10.1. The number of allylic oxidation sites excluding steroid dienone is 2. The first-order valence-corrected chi connectivity index (χ1v) is 9.50. The molecule has 0 radical (unpaired) electrons. The van der Waals surface area contributed by atoms with Gasteiger partial charge in [-0.15, -0.1) is 0 Å². The molecule has 1 nitrogen and oxygen atoms in total. The molecule has 0 unspecified atom stereocenters. The van der Waals surface area contributed by atoms with Gasteiger partial charge in [-0.1, -0.05) is 89.7 Å². The molecule has 21 heavy (non-hydrogen) atoms. The van der Waals surface area contributed by atoms with E-state index in [1.54, 1.807) is 0 Å². The Balaban J connectivity index is 3.00. The second kappa shape index (κ2) is 19.4. The lowest BCUT2D eigenvalue weighted by Crippen LogP contribution is -1.82. The fourth-order valence-electron chi connectivity index (χ4n) is 2.66. The van der Waals surface area contributed by atoms with Crippen molar-refractivity contribution in [2.75, 3.05) is 0 Å². The van der Waals surface area contributed by atoms with Crippen molar-refractivity contribution in [3.05, 3.63) is 12.2 Å². The molecule has 0 saturated heterocycles. The molecule has 0 N–H and O–H groups in total. The number of hydrogen-bond acceptors (Lipinski definition) is 1. The van der Waals surface area contributed by atoms with Gasteiger partial charge in [-0.3, -0.25) is 0 Å². The Hall–Kier alpha value is -0.590. The van der Waals surface area contributed by atoms with Gasteiger partial charge in [0.1, 0.15) is 6.29 Å². The predicted octanol–water partition coefficient (Wildman–Crippen LogP) is 7.00. The molecule has 0 amide bonds. The summed E-state index contributed by atoms with van der Waals surface area (Å²) in [4.78, 5) is 10.1. The second-order valence-corrected chi connectivity index (χ2v) is 6.25. The van der Waals surface area contributed by atoms with Crippen molar-refractivity contribution in [2.45, 2.75) is 110 Å². The van der Waals surface area contributed by atoms with Gasteiger partial charge in [-0.25, -0.2) is 0 Å². The summed E-state index contributed by atoms with van der Waals surface area (Å²) < 4.78 is 0. The maximum Gasteiger partial charge on any atom is 0.120 e. The fraction of sp³-hybridized carbons (Fsp3) is 0.850. The summed E-state index contributed by atoms with van der Waals surface area (Å²) in [6.45, 7) is 2.28. The lowest BCUT2D eigenvalue weighted by molar-refractivity contribution is -0.107. The van der Waals surface area contributed by atoms with Crippen molar-refractivity contribution < 1.29 is 4.79 Å². The number of carbonyl (C=O) groups excluding carboxylic acids is 1. The number of rotatable bonds is 17. The first-order valence-electron chi connectivity index (χ1n) is 9.50. The highest BCUT2D eigenvalue weighted by molar-refractivity contribution is 5.48. The van der Waals surface area contributed by atoms with E-state index in [1.165, 1.54) is 83.5 Å². The third-order valence-electron chi connectivity index (χ3n) is 4.08. The molecule has 0 aromatic carbocycles. The number of hydrogen-bond donors (Lipinski definition) is 0. The zero-order valence-corrected chi connectivity index (χ0v) is 14.5. The molecule has 1 heteroatoms. The van der Waals surface area contributed by atoms with Crippen LogP contribution in [-0.4, -0.2) is 6.29 Å². The van der Waals surface area contributed by atoms with Crippen LogP contribution in [0.15, 0.2) is 12.2 Å². The van der Waals surface area contributed by atoms with Crippen LogP contribution in [0.4, 0.5) is 0 Å². The molecule has 0 atom stereocenters. The lowest BCUT2D eigenvalue weighted by atomic mass is 10.0. The molecule has 0 rings (SSSR count). The minimum Gasteiger partial charge on any atom is -0.303 e. The van der Waals surface area contributed by atoms with Gasteiger partial charge < -0.3 is 4.79 Å². The van der Waals surface area contributed by atoms with Crippen LogP contribution in [0.5, 0.6) is 0 Å². The van der Waals surface area contributed by atoms with Crippen molar-refractivity contribution in [1.82, 2.24) is 0 Å². The van der Waals surface area contributed by atoms with E-state index in [4.69, 9.17) is 0 Å². The Morgan fingerprint density at radius 1 is 0.524 bits per heavy atom. The van der Waals surface area contributed by atoms with Crippen molar-refractivity contribution >= 4 is 6.29 Å². The smallest absolute Gasteiger partial charge is 0.120 e. The van der Waals surface area contributed by atoms with Crippen molar-refractivity contribution in [3.63, 3.8) is 0 Å². The van der Waals surface area contributed by atoms with Gasteiger partial charge in [-0.2, -0.15) is 0 Å². The summed E-state index contributed by atoms with van der Waals surface area (Å²) in [7, 11) is 0. The van der Waals surface area contributed by atoms with Gasteiger partial charge in [0.15, 0.2) is 0 Å². The average molecular weight is 295 g/mol. The number of unbranched alkanes of at least 4 members (excludes halogenated alkanes) is 14. The van der Waals surface area contributed by atoms with Crippen LogP contribution in [0.1, 0.15) is 110 Å². The van der Waals surface area contributed by atoms with Crippen LogP contribution in [0.25, 0.3) is 0 Å². The van der Waals surface area contributed by atoms with Crippen molar-refractivity contribution in [1.29, 1.82) is 0 Å². The monoisotopic (exact) mass is 294 g/mol. The average Bonchev–Trinajstić information content (AvgIpc) is 2.50. The van der Waals surface area contributed by atoms with E-state index in [2.05, 4.69) is 19.1 Å². The van der Waals surface area contributed by atoms with Crippen LogP contribution in [0.3, 0.4) is 0 Å². The normalized spacial score (nSPS) is 11.3. The van der Waals surface area contributed by atoms with E-state index < -0.39 is 0 Å². The topological polar surface area (TPSA) is 17.1 Å². The summed E-state index contributed by atoms with van der Waals surface area (Å²) in [5.41, 5.74) is 0. The zero-order valence-electron chi connectivity index (χ0n) is 14.5. The quantitative estimate of drug-likeness (QED) is 0.160. The van der Waals surface area contributed by atoms with Crippen molar-refractivity contribution in [2.24, 2.45) is 0 Å². The molecule has 0 fully saturated rings. The Bertz CT molecular complexity index is 220. The third kappa shape index (κ3) is 19.4. The Morgan fingerprint density at radius 2 is 0.952 bits per heavy atom. The van der Waals surface area contributed by atoms with Crippen molar-refractivity contribution in [3.8, 4) is 0 Å². The van der Waals surface area contributed by atoms with Gasteiger partial charge in [0.25, 0.3) is 0 Å². The van der Waals surface area contributed by atoms with E-state index in [-0.39, 0.29) is 0 Å². The molecule has 0 spiro atoms. The summed E-state index contributed by atoms with van der Waals surface area (Å²) in [6.07, 6.45) is 26.6. The maximum absolute atomic E-state index is 10.1. The first-order chi connectivity index (χ1) is 10.4. The molecule has 0 aliphatic heterocycles. The van der Waals surface area contributed by atoms with Crippen LogP contribution in [0.2, 0.25) is 0 Å². The molecule has 124 valence electrons. The summed E-state index contributed by atoms with van der Waals surface area (Å²) in [6, 6.07) is 0. The summed E-state index contributed by atoms with van der Waals surface area (Å²) >= 11 is 0. The summed E-state index contributed by atoms with van der Waals surface area (Å²) in [5.74, 6) is 0. The standard InChI is InChI=1S/C20H38O/c1-2-3-4-5-6-7-8-9-10-11-12-13-14-15-16-17-18-19-20-21/h15-16,20H,2-14,17-19H2,1H3/b16-15+. The van der Waals surface area contributed by atoms with Crippen LogP contribution in [0, 0.1) is 0 Å². The minimum absolute atomic E-state index is 0.711. The second-order valence-electron chi connectivity index (χ2n) is 6.25. The molecule has 0 saturated carbocycles. The van der Waals surface area contributed by atoms with Gasteiger partial charge in [0, 0.05) is 6.42 Å². The first kappa shape index (κ1) is 20.4. The molecule has 0 aliphatic rings. The molecule has 0 bridgehead atoms. The Kier molecular flexibility index (Phi) is 18.9. The highest BCUT2D eigenvalue weighted by Crippen LogP contribution is 2.12. The Morgan fingerprint density at radius 3 is 1.43 bits per heavy atom. The molecule has 0 heterocycles. The van der Waals surface area contributed by atoms with E-state index in [0.717, 1.165) is 19.1 Å². The highest BCUT2D eigenvalue weighted by Gasteiger charge is 1.92. The van der Waals surface area contributed by atoms with Gasteiger partial charge in [0.2, 0.25) is 0 Å². The minimum atomic E-state index is 0.711.